The first-order valence-electron chi connectivity index (χ1n) is 38.1. The molecule has 1 unspecified atom stereocenters. The summed E-state index contributed by atoms with van der Waals surface area (Å²) in [6, 6.07) is 54.2. The number of nitrogens with two attached hydrogens (primary N) is 8. The molecular formula is C76H85N35O10S5. The van der Waals surface area contributed by atoms with Crippen LogP contribution in [-0.4, -0.2) is 165 Å². The van der Waals surface area contributed by atoms with E-state index in [1.807, 2.05) is 78.9 Å². The second kappa shape index (κ2) is 40.1. The molecule has 1 fully saturated rings. The van der Waals surface area contributed by atoms with E-state index in [4.69, 9.17) is 48.2 Å². The van der Waals surface area contributed by atoms with E-state index in [1.165, 1.54) is 110 Å². The van der Waals surface area contributed by atoms with E-state index in [9.17, 15) is 38.8 Å². The number of fused-ring (bicyclic) bond motifs is 1. The molecule has 45 nitrogen and oxygen atoms in total. The summed E-state index contributed by atoms with van der Waals surface area (Å²) < 4.78 is 103. The summed E-state index contributed by atoms with van der Waals surface area (Å²) >= 11 is 1.42. The molecule has 0 spiro atoms. The second-order valence-electron chi connectivity index (χ2n) is 27.3. The fourth-order valence-electron chi connectivity index (χ4n) is 11.9. The first-order chi connectivity index (χ1) is 60.4. The number of aromatic nitrogens is 19. The maximum absolute atomic E-state index is 11.4. The van der Waals surface area contributed by atoms with Crippen molar-refractivity contribution in [2.45, 2.75) is 77.2 Å². The Kier molecular flexibility index (Phi) is 28.4. The van der Waals surface area contributed by atoms with Crippen LogP contribution in [0, 0.1) is 0 Å². The normalized spacial score (nSPS) is 12.6. The van der Waals surface area contributed by atoms with Crippen LogP contribution in [0.3, 0.4) is 0 Å². The van der Waals surface area contributed by atoms with E-state index < -0.39 is 40.1 Å². The summed E-state index contributed by atoms with van der Waals surface area (Å²) in [7, 11) is -15.0. The van der Waals surface area contributed by atoms with Crippen molar-refractivity contribution in [3.8, 4) is 28.3 Å². The molecule has 654 valence electrons. The number of hydrogen-bond acceptors (Lipinski definition) is 38. The van der Waals surface area contributed by atoms with E-state index in [2.05, 4.69) is 125 Å². The minimum absolute atomic E-state index is 0.00701. The van der Waals surface area contributed by atoms with Crippen molar-refractivity contribution in [1.82, 2.24) is 99.3 Å². The van der Waals surface area contributed by atoms with Gasteiger partial charge in [0.25, 0.3) is 0 Å². The van der Waals surface area contributed by atoms with Gasteiger partial charge in [0.05, 0.1) is 42.4 Å². The fourth-order valence-corrected chi connectivity index (χ4v) is 14.9. The van der Waals surface area contributed by atoms with Crippen molar-refractivity contribution in [1.29, 1.82) is 0 Å². The molecule has 8 aromatic heterocycles. The Morgan fingerprint density at radius 3 is 1.30 bits per heavy atom. The lowest BCUT2D eigenvalue weighted by atomic mass is 10.0. The Balaban J connectivity index is 0.000000144. The van der Waals surface area contributed by atoms with Gasteiger partial charge >= 0.3 is 0 Å². The predicted octanol–water partition coefficient (Wildman–Crippen LogP) is 6.43. The molecule has 0 bridgehead atoms. The molecule has 7 aromatic carbocycles. The molecule has 1 saturated heterocycles. The number of nitrogen functional groups attached to an aromatic ring is 4. The number of sulfonamides is 4. The van der Waals surface area contributed by atoms with Crippen LogP contribution in [0.4, 0.5) is 87.8 Å². The molecule has 0 aliphatic carbocycles. The van der Waals surface area contributed by atoms with Crippen LogP contribution in [0.5, 0.6) is 5.75 Å². The monoisotopic (exact) mass is 1810 g/mol. The molecule has 1 atom stereocenters. The number of ether oxygens (including phenoxy) is 1. The Bertz CT molecular complexity index is 6700. The van der Waals surface area contributed by atoms with Gasteiger partial charge in [0.1, 0.15) is 42.2 Å². The highest BCUT2D eigenvalue weighted by atomic mass is 32.2. The highest BCUT2D eigenvalue weighted by molar-refractivity contribution is 7.90. The molecule has 0 radical (unpaired) electrons. The maximum atomic E-state index is 11.4. The number of hydrogen-bond donors (Lipinski definition) is 17. The Morgan fingerprint density at radius 2 is 0.873 bits per heavy atom. The number of primary sulfonamides is 4. The number of aliphatic hydroxyl groups excluding tert-OH is 1. The van der Waals surface area contributed by atoms with Crippen molar-refractivity contribution in [3.05, 3.63) is 224 Å². The van der Waals surface area contributed by atoms with Gasteiger partial charge in [-0.15, -0.1) is 20.4 Å². The van der Waals surface area contributed by atoms with Crippen molar-refractivity contribution in [3.63, 3.8) is 0 Å². The van der Waals surface area contributed by atoms with Crippen molar-refractivity contribution in [2.24, 2.45) is 20.6 Å². The van der Waals surface area contributed by atoms with Crippen LogP contribution < -0.4 is 90.8 Å². The van der Waals surface area contributed by atoms with E-state index in [-0.39, 0.29) is 79.8 Å². The summed E-state index contributed by atoms with van der Waals surface area (Å²) in [4.78, 5) is 46.8. The molecule has 15 aromatic rings. The van der Waals surface area contributed by atoms with Crippen LogP contribution in [0.2, 0.25) is 0 Å². The van der Waals surface area contributed by atoms with Crippen LogP contribution >= 0.6 is 11.3 Å². The molecule has 25 N–H and O–H groups in total. The van der Waals surface area contributed by atoms with Gasteiger partial charge in [0.2, 0.25) is 92.8 Å². The largest absolute Gasteiger partial charge is 0.494 e. The maximum Gasteiger partial charge on any atom is 0.248 e. The Hall–Kier alpha value is -14.6. The minimum Gasteiger partial charge on any atom is -0.494 e. The number of nitrogens with zero attached hydrogens (tertiary/aromatic N) is 19. The summed E-state index contributed by atoms with van der Waals surface area (Å²) in [5, 5.41) is 72.9. The molecule has 16 rings (SSSR count). The zero-order chi connectivity index (χ0) is 89.1. The summed E-state index contributed by atoms with van der Waals surface area (Å²) in [5.74, 6) is 5.34. The molecule has 126 heavy (non-hydrogen) atoms. The number of thiazole rings is 1. The first-order valence-corrected chi connectivity index (χ1v) is 45.1. The number of rotatable bonds is 30. The third kappa shape index (κ3) is 24.4. The van der Waals surface area contributed by atoms with Crippen LogP contribution in [-0.2, 0) is 46.6 Å². The lowest BCUT2D eigenvalue weighted by Crippen LogP contribution is -2.35. The summed E-state index contributed by atoms with van der Waals surface area (Å²) in [5.41, 5.74) is 29.3. The molecule has 1 aliphatic rings. The average Bonchev–Trinajstić information content (AvgIpc) is 1.65. The SMILES string of the molecule is CCCCOc1ccc2nc(-n3nc(Nc4ccc(S(N)(=O)=O)cc4)nc3N)sc2c1.Nc1nc(Nc2ccc(S(N)(=O)=O)cc2)nn1-c1cc(NC(CCO)c2ccccc2)ncn1.Nc1nc(Nc2ccc(S(N)(=O)=O)cc2)nn1-c1cc(NC2CCNCC2)ncn1.Nc1nc(Nc2ccc(S(N)(=O)=O)cc2)nn1-c1cc(NCc2ccccc2)ncn1. The Morgan fingerprint density at radius 1 is 0.476 bits per heavy atom. The van der Waals surface area contributed by atoms with E-state index in [1.54, 1.807) is 54.6 Å². The molecular weight excluding hydrogens is 1720 g/mol. The zero-order valence-electron chi connectivity index (χ0n) is 66.7. The van der Waals surface area contributed by atoms with Gasteiger partial charge in [0, 0.05) is 60.1 Å². The highest BCUT2D eigenvalue weighted by Crippen LogP contribution is 2.32. The molecule has 0 amide bonds. The standard InChI is InChI=1S/C21H23N9O3S.C19H19N9O2S.C19H21N7O3S2.C17H22N10O2S/c22-20-28-21(26-15-6-8-16(9-7-15)34(23,32)33)29-30(20)19-12-18(24-13-25-19)27-17(10-11-31)14-4-2-1-3-5-14;20-18-26-19(25-14-6-8-15(9-7-14)31(21,29)30)27-28(18)17-10-16(23-12-24-17)22-11-13-4-2-1-3-5-13;1-2-3-10-29-13-6-9-15-16(11-13)30-19(23-15)26-17(20)24-18(25-26)22-12-4-7-14(8-5-12)31(21,27)28;18-16-25-17(24-11-1-3-13(4-2-11)30(19,28)29)26-27(16)15-9-14(21-10-22-15)23-12-5-7-20-8-6-12/h1-9,12-13,17,31H,10-11H2,(H2,23,32,33)(H,24,25,27)(H3,22,26,28,29);1-10,12H,11H2,(H2,21,29,30)(H,22,23,24)(H3,20,25,26,27);4-9,11H,2-3,10H2,1H3,(H2,21,27,28)(H3,20,22,24,25);1-4,9-10,12,20H,5-8H2,(H2,19,28,29)(H,21,22,23)(H3,18,24,25,26). The van der Waals surface area contributed by atoms with Gasteiger partial charge in [0.15, 0.2) is 17.5 Å². The minimum atomic E-state index is -3.78. The number of nitrogens with one attached hydrogen (secondary N) is 8. The second-order valence-corrected chi connectivity index (χ2v) is 34.6. The predicted molar refractivity (Wildman–Crippen MR) is 476 cm³/mol. The molecule has 1 aliphatic heterocycles. The van der Waals surface area contributed by atoms with Crippen molar-refractivity contribution >= 4 is 149 Å². The number of unbranched alkanes of at least 4 members (excludes halogenated alkanes) is 1. The lowest BCUT2D eigenvalue weighted by Gasteiger charge is -2.24. The van der Waals surface area contributed by atoms with Crippen molar-refractivity contribution in [2.75, 3.05) is 86.5 Å². The van der Waals surface area contributed by atoms with Gasteiger partial charge in [-0.3, -0.25) is 0 Å². The fraction of sp³-hybridized carbons (Fsp3) is 0.171. The number of piperidine rings is 1. The van der Waals surface area contributed by atoms with Gasteiger partial charge < -0.3 is 75.3 Å². The van der Waals surface area contributed by atoms with Gasteiger partial charge in [-0.05, 0) is 165 Å². The molecule has 9 heterocycles. The van der Waals surface area contributed by atoms with Gasteiger partial charge in [-0.1, -0.05) is 85.3 Å². The van der Waals surface area contributed by atoms with Crippen LogP contribution in [0.15, 0.2) is 233 Å². The third-order valence-electron chi connectivity index (χ3n) is 18.1. The topological polar surface area (TPSA) is 683 Å². The zero-order valence-corrected chi connectivity index (χ0v) is 70.8. The van der Waals surface area contributed by atoms with E-state index >= 15 is 0 Å². The van der Waals surface area contributed by atoms with Crippen LogP contribution in [0.25, 0.3) is 32.8 Å². The van der Waals surface area contributed by atoms with E-state index in [0.717, 1.165) is 65.9 Å². The quantitative estimate of drug-likeness (QED) is 0.0215. The van der Waals surface area contributed by atoms with E-state index in [0.29, 0.717) is 88.4 Å². The van der Waals surface area contributed by atoms with Crippen molar-refractivity contribution < 1.29 is 43.5 Å². The summed E-state index contributed by atoms with van der Waals surface area (Å²) in [6.45, 7) is 5.35. The van der Waals surface area contributed by atoms with Crippen LogP contribution in [0.1, 0.15) is 56.2 Å². The first kappa shape index (κ1) is 89.2. The molecule has 0 saturated carbocycles. The highest BCUT2D eigenvalue weighted by Gasteiger charge is 2.22. The number of aliphatic hydroxyl groups is 1. The molecule has 50 heteroatoms. The summed E-state index contributed by atoms with van der Waals surface area (Å²) in [6.07, 6.45) is 8.83. The smallest absolute Gasteiger partial charge is 0.248 e. The lowest BCUT2D eigenvalue weighted by molar-refractivity contribution is 0.280. The average molecular weight is 1810 g/mol. The van der Waals surface area contributed by atoms with Gasteiger partial charge in [-0.25, -0.2) is 89.1 Å². The third-order valence-corrected chi connectivity index (χ3v) is 22.9. The van der Waals surface area contributed by atoms with Gasteiger partial charge in [-0.2, -0.15) is 38.7 Å². The number of benzene rings is 7. The Labute approximate surface area is 724 Å². The number of anilines is 15.